The average Bonchev–Trinajstić information content (AvgIpc) is 3.06. The van der Waals surface area contributed by atoms with E-state index in [-0.39, 0.29) is 5.91 Å². The van der Waals surface area contributed by atoms with Crippen LogP contribution in [0, 0.1) is 0 Å². The van der Waals surface area contributed by atoms with Crippen LogP contribution in [0.25, 0.3) is 0 Å². The molecule has 2 aromatic heterocycles. The number of benzene rings is 1. The smallest absolute Gasteiger partial charge is 0.276 e. The van der Waals surface area contributed by atoms with E-state index >= 15 is 0 Å². The van der Waals surface area contributed by atoms with E-state index in [1.807, 2.05) is 42.5 Å². The van der Waals surface area contributed by atoms with Gasteiger partial charge in [0, 0.05) is 30.7 Å². The fourth-order valence-electron chi connectivity index (χ4n) is 2.74. The Labute approximate surface area is 139 Å². The van der Waals surface area contributed by atoms with Crippen molar-refractivity contribution in [3.8, 4) is 5.88 Å². The fourth-order valence-corrected chi connectivity index (χ4v) is 2.74. The van der Waals surface area contributed by atoms with Crippen LogP contribution in [-0.4, -0.2) is 27.2 Å². The number of amides is 1. The van der Waals surface area contributed by atoms with Gasteiger partial charge in [0.1, 0.15) is 12.3 Å². The highest BCUT2D eigenvalue weighted by molar-refractivity contribution is 6.05. The molecule has 0 bridgehead atoms. The highest BCUT2D eigenvalue weighted by atomic mass is 16.5. The number of nitrogens with zero attached hydrogens (tertiary/aromatic N) is 4. The van der Waals surface area contributed by atoms with Crippen molar-refractivity contribution in [2.75, 3.05) is 11.4 Å². The molecule has 3 heterocycles. The summed E-state index contributed by atoms with van der Waals surface area (Å²) in [6, 6.07) is 15.2. The van der Waals surface area contributed by atoms with Crippen molar-refractivity contribution in [2.24, 2.45) is 0 Å². The molecule has 0 saturated carbocycles. The van der Waals surface area contributed by atoms with Crippen LogP contribution in [0.4, 0.5) is 5.69 Å². The lowest BCUT2D eigenvalue weighted by atomic mass is 10.2. The monoisotopic (exact) mass is 320 g/mol. The summed E-state index contributed by atoms with van der Waals surface area (Å²) >= 11 is 0. The fraction of sp³-hybridized carbons (Fsp3) is 0.167. The first kappa shape index (κ1) is 14.4. The molecule has 6 nitrogen and oxygen atoms in total. The molecule has 1 aromatic carbocycles. The molecule has 24 heavy (non-hydrogen) atoms. The zero-order chi connectivity index (χ0) is 16.4. The largest absolute Gasteiger partial charge is 0.472 e. The number of aromatic nitrogens is 3. The van der Waals surface area contributed by atoms with E-state index in [9.17, 15) is 4.79 Å². The molecule has 120 valence electrons. The summed E-state index contributed by atoms with van der Waals surface area (Å²) in [7, 11) is 0. The number of carbonyl (C=O) groups excluding carboxylic acids is 1. The first-order valence-corrected chi connectivity index (χ1v) is 7.78. The Kier molecular flexibility index (Phi) is 3.70. The second-order valence-corrected chi connectivity index (χ2v) is 5.53. The topological polar surface area (TPSA) is 60.2 Å². The summed E-state index contributed by atoms with van der Waals surface area (Å²) in [4.78, 5) is 18.4. The zero-order valence-electron chi connectivity index (χ0n) is 13.0. The van der Waals surface area contributed by atoms with Crippen molar-refractivity contribution in [3.63, 3.8) is 0 Å². The Bertz CT molecular complexity index is 846. The summed E-state index contributed by atoms with van der Waals surface area (Å²) < 4.78 is 7.43. The van der Waals surface area contributed by atoms with E-state index in [0.717, 1.165) is 11.3 Å². The van der Waals surface area contributed by atoms with Gasteiger partial charge in [-0.1, -0.05) is 30.3 Å². The molecule has 0 fully saturated rings. The second kappa shape index (κ2) is 6.16. The molecular weight excluding hydrogens is 304 g/mol. The van der Waals surface area contributed by atoms with E-state index in [1.165, 1.54) is 0 Å². The van der Waals surface area contributed by atoms with E-state index in [4.69, 9.17) is 4.74 Å². The molecule has 6 heteroatoms. The van der Waals surface area contributed by atoms with Crippen molar-refractivity contribution in [2.45, 2.75) is 13.2 Å². The standard InChI is InChI=1S/C18H16N4O2/c23-18-16-12-17(24-13-14-4-2-1-3-5-14)20-22(16)11-10-21(18)15-6-8-19-9-7-15/h1-9,12H,10-11,13H2. The first-order valence-electron chi connectivity index (χ1n) is 7.78. The lowest BCUT2D eigenvalue weighted by Crippen LogP contribution is -2.40. The quantitative estimate of drug-likeness (QED) is 0.741. The number of carbonyl (C=O) groups is 1. The van der Waals surface area contributed by atoms with Crippen molar-refractivity contribution in [3.05, 3.63) is 72.2 Å². The molecule has 0 atom stereocenters. The summed E-state index contributed by atoms with van der Waals surface area (Å²) in [5.74, 6) is 0.397. The van der Waals surface area contributed by atoms with Crippen molar-refractivity contribution in [1.82, 2.24) is 14.8 Å². The van der Waals surface area contributed by atoms with Gasteiger partial charge in [-0.05, 0) is 17.7 Å². The van der Waals surface area contributed by atoms with E-state index in [2.05, 4.69) is 10.1 Å². The number of pyridine rings is 1. The number of hydrogen-bond acceptors (Lipinski definition) is 4. The molecule has 1 aliphatic rings. The summed E-state index contributed by atoms with van der Waals surface area (Å²) in [5.41, 5.74) is 2.45. The van der Waals surface area contributed by atoms with Gasteiger partial charge in [-0.2, -0.15) is 0 Å². The van der Waals surface area contributed by atoms with E-state index in [1.54, 1.807) is 28.0 Å². The van der Waals surface area contributed by atoms with Crippen LogP contribution < -0.4 is 9.64 Å². The molecular formula is C18H16N4O2. The van der Waals surface area contributed by atoms with Gasteiger partial charge in [0.05, 0.1) is 6.54 Å². The van der Waals surface area contributed by atoms with Crippen LogP contribution in [0.1, 0.15) is 16.1 Å². The van der Waals surface area contributed by atoms with Crippen LogP contribution in [0.3, 0.4) is 0 Å². The maximum absolute atomic E-state index is 12.7. The predicted molar refractivity (Wildman–Crippen MR) is 88.9 cm³/mol. The third-order valence-electron chi connectivity index (χ3n) is 3.96. The molecule has 4 rings (SSSR count). The van der Waals surface area contributed by atoms with Crippen molar-refractivity contribution < 1.29 is 9.53 Å². The molecule has 0 spiro atoms. The molecule has 0 unspecified atom stereocenters. The van der Waals surface area contributed by atoms with Crippen molar-refractivity contribution >= 4 is 11.6 Å². The maximum atomic E-state index is 12.7. The minimum Gasteiger partial charge on any atom is -0.472 e. The molecule has 0 radical (unpaired) electrons. The second-order valence-electron chi connectivity index (χ2n) is 5.53. The Balaban J connectivity index is 1.52. The number of ether oxygens (including phenoxy) is 1. The molecule has 0 saturated heterocycles. The van der Waals surface area contributed by atoms with Crippen molar-refractivity contribution in [1.29, 1.82) is 0 Å². The van der Waals surface area contributed by atoms with Crippen LogP contribution in [-0.2, 0) is 13.2 Å². The van der Waals surface area contributed by atoms with E-state index in [0.29, 0.717) is 31.3 Å². The number of rotatable bonds is 4. The molecule has 1 aliphatic heterocycles. The highest BCUT2D eigenvalue weighted by Gasteiger charge is 2.27. The van der Waals surface area contributed by atoms with Gasteiger partial charge < -0.3 is 9.64 Å². The normalized spacial score (nSPS) is 13.7. The van der Waals surface area contributed by atoms with Gasteiger partial charge in [-0.3, -0.25) is 14.5 Å². The van der Waals surface area contributed by atoms with Gasteiger partial charge in [-0.15, -0.1) is 5.10 Å². The Morgan fingerprint density at radius 3 is 2.62 bits per heavy atom. The van der Waals surface area contributed by atoms with Crippen LogP contribution >= 0.6 is 0 Å². The summed E-state index contributed by atoms with van der Waals surface area (Å²) in [6.45, 7) is 1.65. The third kappa shape index (κ3) is 2.74. The molecule has 0 aliphatic carbocycles. The minimum atomic E-state index is -0.0745. The molecule has 0 N–H and O–H groups in total. The predicted octanol–water partition coefficient (Wildman–Crippen LogP) is 2.52. The van der Waals surface area contributed by atoms with Crippen LogP contribution in [0.15, 0.2) is 60.9 Å². The Morgan fingerprint density at radius 1 is 1.04 bits per heavy atom. The third-order valence-corrected chi connectivity index (χ3v) is 3.96. The van der Waals surface area contributed by atoms with Gasteiger partial charge >= 0.3 is 0 Å². The lowest BCUT2D eigenvalue weighted by molar-refractivity contribution is 0.0962. The Morgan fingerprint density at radius 2 is 1.83 bits per heavy atom. The highest BCUT2D eigenvalue weighted by Crippen LogP contribution is 2.23. The average molecular weight is 320 g/mol. The number of hydrogen-bond donors (Lipinski definition) is 0. The van der Waals surface area contributed by atoms with Gasteiger partial charge in [0.2, 0.25) is 5.88 Å². The van der Waals surface area contributed by atoms with E-state index < -0.39 is 0 Å². The Hall–Kier alpha value is -3.15. The SMILES string of the molecule is O=C1c2cc(OCc3ccccc3)nn2CCN1c1ccncc1. The van der Waals surface area contributed by atoms with Crippen LogP contribution in [0.2, 0.25) is 0 Å². The lowest BCUT2D eigenvalue weighted by Gasteiger charge is -2.27. The van der Waals surface area contributed by atoms with Gasteiger partial charge in [-0.25, -0.2) is 0 Å². The first-order chi connectivity index (χ1) is 11.8. The minimum absolute atomic E-state index is 0.0745. The van der Waals surface area contributed by atoms with Crippen LogP contribution in [0.5, 0.6) is 5.88 Å². The molecule has 1 amide bonds. The summed E-state index contributed by atoms with van der Waals surface area (Å²) in [6.07, 6.45) is 3.37. The number of anilines is 1. The summed E-state index contributed by atoms with van der Waals surface area (Å²) in [5, 5.41) is 4.38. The van der Waals surface area contributed by atoms with Gasteiger partial charge in [0.15, 0.2) is 0 Å². The zero-order valence-corrected chi connectivity index (χ0v) is 13.0. The van der Waals surface area contributed by atoms with Gasteiger partial charge in [0.25, 0.3) is 5.91 Å². The number of fused-ring (bicyclic) bond motifs is 1. The maximum Gasteiger partial charge on any atom is 0.276 e. The molecule has 3 aromatic rings.